The van der Waals surface area contributed by atoms with Crippen LogP contribution in [0.5, 0.6) is 5.75 Å². The Morgan fingerprint density at radius 2 is 1.59 bits per heavy atom. The molecule has 1 atom stereocenters. The van der Waals surface area contributed by atoms with Gasteiger partial charge in [-0.25, -0.2) is 4.79 Å². The highest BCUT2D eigenvalue weighted by molar-refractivity contribution is 7.81. The molecule has 0 saturated heterocycles. The molecule has 0 aliphatic rings. The Kier molecular flexibility index (Phi) is 5.76. The van der Waals surface area contributed by atoms with Crippen LogP contribution in [0.1, 0.15) is 27.6 Å². The van der Waals surface area contributed by atoms with Crippen molar-refractivity contribution in [2.45, 2.75) is 6.92 Å². The normalized spacial score (nSPS) is 11.7. The number of anilines is 2. The van der Waals surface area contributed by atoms with E-state index in [-0.39, 0.29) is 17.0 Å². The van der Waals surface area contributed by atoms with Gasteiger partial charge in [0.2, 0.25) is 0 Å². The maximum atomic E-state index is 11.9. The Morgan fingerprint density at radius 1 is 0.931 bits per heavy atom. The van der Waals surface area contributed by atoms with Crippen molar-refractivity contribution in [3.8, 4) is 16.9 Å². The summed E-state index contributed by atoms with van der Waals surface area (Å²) in [4.78, 5) is 22.5. The number of benzene rings is 3. The number of hydrogen-bond acceptors (Lipinski definition) is 5. The maximum Gasteiger partial charge on any atom is 0.339 e. The third kappa shape index (κ3) is 4.34. The first-order valence-electron chi connectivity index (χ1n) is 8.45. The fraction of sp³-hybridized carbons (Fsp3) is 0.0476. The highest BCUT2D eigenvalue weighted by atomic mass is 32.2. The average molecular weight is 410 g/mol. The molecule has 0 spiro atoms. The van der Waals surface area contributed by atoms with Crippen LogP contribution >= 0.6 is 0 Å². The molecule has 3 aromatic carbocycles. The van der Waals surface area contributed by atoms with E-state index < -0.39 is 23.0 Å². The second-order valence-electron chi connectivity index (χ2n) is 6.20. The van der Waals surface area contributed by atoms with E-state index in [4.69, 9.17) is 5.11 Å². The Balaban J connectivity index is 2.02. The number of carboxylic acid groups (broad SMARTS) is 1. The molecule has 3 rings (SSSR count). The van der Waals surface area contributed by atoms with Crippen LogP contribution in [-0.2, 0) is 11.3 Å². The van der Waals surface area contributed by atoms with Gasteiger partial charge in [0.15, 0.2) is 5.78 Å². The largest absolute Gasteiger partial charge is 0.755 e. The molecule has 0 bridgehead atoms. The van der Waals surface area contributed by atoms with Crippen LogP contribution in [0.25, 0.3) is 11.1 Å². The minimum absolute atomic E-state index is 0.0529. The molecular weight excluding hydrogens is 394 g/mol. The third-order valence-corrected chi connectivity index (χ3v) is 5.02. The molecule has 0 saturated carbocycles. The standard InChI is InChI=1S/C21H17NO6S/c1-13(23)14-5-7-15(8-6-14)16-3-2-4-17(11-16)22(29(27)28)18-9-10-19(21(25)26)20(24)12-18/h2-12,24H,1H3,(H,25,26)(H,27,28)/p-1. The van der Waals surface area contributed by atoms with Gasteiger partial charge >= 0.3 is 5.97 Å². The maximum absolute atomic E-state index is 11.9. The third-order valence-electron chi connectivity index (χ3n) is 4.30. The first-order valence-corrected chi connectivity index (χ1v) is 9.48. The highest BCUT2D eigenvalue weighted by Gasteiger charge is 2.16. The van der Waals surface area contributed by atoms with Gasteiger partial charge in [0.25, 0.3) is 0 Å². The summed E-state index contributed by atoms with van der Waals surface area (Å²) >= 11 is -2.73. The molecule has 148 valence electrons. The SMILES string of the molecule is CC(=O)c1ccc(-c2cccc(N(c3ccc(C(=O)O)c(O)c3)S(=O)[O-])c2)cc1. The van der Waals surface area contributed by atoms with Crippen molar-refractivity contribution >= 4 is 34.4 Å². The summed E-state index contributed by atoms with van der Waals surface area (Å²) in [5, 5.41) is 18.9. The van der Waals surface area contributed by atoms with Crippen LogP contribution in [0.2, 0.25) is 0 Å². The number of nitrogens with zero attached hydrogens (tertiary/aromatic N) is 1. The quantitative estimate of drug-likeness (QED) is 0.470. The predicted molar refractivity (Wildman–Crippen MR) is 108 cm³/mol. The Hall–Kier alpha value is -3.49. The summed E-state index contributed by atoms with van der Waals surface area (Å²) in [7, 11) is 0. The first kappa shape index (κ1) is 20.2. The van der Waals surface area contributed by atoms with Crippen LogP contribution in [0.3, 0.4) is 0 Å². The molecule has 0 aliphatic carbocycles. The van der Waals surface area contributed by atoms with Gasteiger partial charge in [0.05, 0.1) is 22.6 Å². The fourth-order valence-corrected chi connectivity index (χ4v) is 3.43. The Bertz CT molecular complexity index is 1110. The summed E-state index contributed by atoms with van der Waals surface area (Å²) in [5.41, 5.74) is 2.14. The number of hydrogen-bond donors (Lipinski definition) is 2. The number of phenols is 1. The Morgan fingerprint density at radius 3 is 2.14 bits per heavy atom. The van der Waals surface area contributed by atoms with Crippen molar-refractivity contribution in [2.24, 2.45) is 0 Å². The van der Waals surface area contributed by atoms with Gasteiger partial charge < -0.3 is 14.8 Å². The van der Waals surface area contributed by atoms with Gasteiger partial charge in [-0.2, -0.15) is 0 Å². The van der Waals surface area contributed by atoms with E-state index in [1.807, 2.05) is 0 Å². The van der Waals surface area contributed by atoms with Crippen molar-refractivity contribution in [3.63, 3.8) is 0 Å². The second-order valence-corrected chi connectivity index (χ2v) is 7.00. The molecule has 2 N–H and O–H groups in total. The average Bonchev–Trinajstić information content (AvgIpc) is 2.68. The van der Waals surface area contributed by atoms with Crippen LogP contribution in [0, 0.1) is 0 Å². The van der Waals surface area contributed by atoms with Gasteiger partial charge in [-0.05, 0) is 42.3 Å². The van der Waals surface area contributed by atoms with E-state index in [1.165, 1.54) is 13.0 Å². The van der Waals surface area contributed by atoms with Gasteiger partial charge in [0.1, 0.15) is 11.3 Å². The number of ketones is 1. The monoisotopic (exact) mass is 410 g/mol. The molecule has 7 nitrogen and oxygen atoms in total. The minimum atomic E-state index is -2.73. The molecule has 8 heteroatoms. The molecule has 0 aliphatic heterocycles. The molecular formula is C21H16NO6S-. The van der Waals surface area contributed by atoms with Gasteiger partial charge in [-0.15, -0.1) is 0 Å². The zero-order chi connectivity index (χ0) is 21.1. The lowest BCUT2D eigenvalue weighted by Gasteiger charge is -2.27. The minimum Gasteiger partial charge on any atom is -0.755 e. The van der Waals surface area contributed by atoms with E-state index in [9.17, 15) is 23.5 Å². The smallest absolute Gasteiger partial charge is 0.339 e. The van der Waals surface area contributed by atoms with E-state index in [0.29, 0.717) is 11.3 Å². The zero-order valence-electron chi connectivity index (χ0n) is 15.2. The van der Waals surface area contributed by atoms with E-state index in [2.05, 4.69) is 0 Å². The van der Waals surface area contributed by atoms with Crippen molar-refractivity contribution < 1.29 is 28.6 Å². The van der Waals surface area contributed by atoms with Crippen LogP contribution in [0.15, 0.2) is 66.7 Å². The van der Waals surface area contributed by atoms with Gasteiger partial charge in [-0.1, -0.05) is 36.4 Å². The van der Waals surface area contributed by atoms with Crippen LogP contribution in [-0.4, -0.2) is 30.7 Å². The van der Waals surface area contributed by atoms with Crippen molar-refractivity contribution in [1.82, 2.24) is 0 Å². The first-order chi connectivity index (χ1) is 13.8. The topological polar surface area (TPSA) is 118 Å². The fourth-order valence-electron chi connectivity index (χ4n) is 2.86. The van der Waals surface area contributed by atoms with Crippen LogP contribution < -0.4 is 4.31 Å². The molecule has 0 heterocycles. The molecule has 0 radical (unpaired) electrons. The number of carboxylic acids is 1. The molecule has 0 amide bonds. The van der Waals surface area contributed by atoms with E-state index in [1.54, 1.807) is 48.5 Å². The Labute approximate surface area is 169 Å². The molecule has 29 heavy (non-hydrogen) atoms. The molecule has 3 aromatic rings. The zero-order valence-corrected chi connectivity index (χ0v) is 16.1. The second kappa shape index (κ2) is 8.26. The lowest BCUT2D eigenvalue weighted by molar-refractivity contribution is 0.0693. The predicted octanol–water partition coefficient (Wildman–Crippen LogP) is 3.89. The number of aromatic hydroxyl groups is 1. The number of Topliss-reactive ketones (excluding diaryl/α,β-unsaturated/α-hetero) is 1. The number of carbonyl (C=O) groups excluding carboxylic acids is 1. The summed E-state index contributed by atoms with van der Waals surface area (Å²) in [6.07, 6.45) is 0. The van der Waals surface area contributed by atoms with E-state index >= 15 is 0 Å². The lowest BCUT2D eigenvalue weighted by Crippen LogP contribution is -2.19. The van der Waals surface area contributed by atoms with E-state index in [0.717, 1.165) is 27.6 Å². The summed E-state index contributed by atoms with van der Waals surface area (Å²) < 4.78 is 24.7. The number of rotatable bonds is 6. The van der Waals surface area contributed by atoms with Gasteiger partial charge in [0, 0.05) is 11.6 Å². The molecule has 1 unspecified atom stereocenters. The van der Waals surface area contributed by atoms with Crippen molar-refractivity contribution in [1.29, 1.82) is 0 Å². The van der Waals surface area contributed by atoms with Crippen molar-refractivity contribution in [2.75, 3.05) is 4.31 Å². The molecule has 0 aromatic heterocycles. The molecule has 0 fully saturated rings. The lowest BCUT2D eigenvalue weighted by atomic mass is 10.0. The van der Waals surface area contributed by atoms with Gasteiger partial charge in [-0.3, -0.25) is 13.3 Å². The van der Waals surface area contributed by atoms with Crippen LogP contribution in [0.4, 0.5) is 11.4 Å². The number of aromatic carboxylic acids is 1. The highest BCUT2D eigenvalue weighted by Crippen LogP contribution is 2.33. The summed E-state index contributed by atoms with van der Waals surface area (Å²) in [5.74, 6) is -1.91. The van der Waals surface area contributed by atoms with Crippen molar-refractivity contribution in [3.05, 3.63) is 77.9 Å². The summed E-state index contributed by atoms with van der Waals surface area (Å²) in [6, 6.07) is 17.1. The number of carbonyl (C=O) groups is 2. The summed E-state index contributed by atoms with van der Waals surface area (Å²) in [6.45, 7) is 1.47.